The molecule has 0 bridgehead atoms. The molecule has 144 valence electrons. The van der Waals surface area contributed by atoms with Crippen molar-refractivity contribution in [2.45, 2.75) is 25.2 Å². The Morgan fingerprint density at radius 3 is 2.36 bits per heavy atom. The van der Waals surface area contributed by atoms with Crippen molar-refractivity contribution in [3.8, 4) is 11.1 Å². The predicted molar refractivity (Wildman–Crippen MR) is 104 cm³/mol. The first-order valence-electron chi connectivity index (χ1n) is 9.93. The number of carbonyl (C=O) groups excluding carboxylic acids is 1. The topological polar surface area (TPSA) is 66.8 Å². The molecule has 1 aliphatic heterocycles. The van der Waals surface area contributed by atoms with Gasteiger partial charge in [0, 0.05) is 19.0 Å². The van der Waals surface area contributed by atoms with Gasteiger partial charge in [-0.25, -0.2) is 4.79 Å². The summed E-state index contributed by atoms with van der Waals surface area (Å²) >= 11 is 0. The van der Waals surface area contributed by atoms with Crippen LogP contribution in [0.2, 0.25) is 0 Å². The van der Waals surface area contributed by atoms with Gasteiger partial charge < -0.3 is 14.7 Å². The monoisotopic (exact) mass is 377 g/mol. The highest BCUT2D eigenvalue weighted by molar-refractivity contribution is 5.80. The molecule has 2 fully saturated rings. The summed E-state index contributed by atoms with van der Waals surface area (Å²) in [4.78, 5) is 26.0. The van der Waals surface area contributed by atoms with E-state index in [1.165, 1.54) is 22.3 Å². The number of ether oxygens (including phenoxy) is 1. The summed E-state index contributed by atoms with van der Waals surface area (Å²) in [5, 5.41) is 9.49. The average Bonchev–Trinajstić information content (AvgIpc) is 3.35. The maximum absolute atomic E-state index is 12.7. The van der Waals surface area contributed by atoms with Gasteiger partial charge in [-0.3, -0.25) is 4.79 Å². The number of carboxylic acid groups (broad SMARTS) is 1. The van der Waals surface area contributed by atoms with Crippen molar-refractivity contribution in [3.05, 3.63) is 59.7 Å². The lowest BCUT2D eigenvalue weighted by atomic mass is 9.98. The molecule has 2 atom stereocenters. The van der Waals surface area contributed by atoms with Gasteiger partial charge in [0.1, 0.15) is 6.61 Å². The standard InChI is InChI=1S/C23H23NO4/c25-21(26)23-10-5-11-24(13-15(23)12-23)22(27)28-14-20-18-8-3-1-6-16(18)17-7-2-4-9-19(17)20/h1-4,6-9,15,20H,5,10-14H2,(H,25,26). The van der Waals surface area contributed by atoms with Crippen LogP contribution in [-0.2, 0) is 9.53 Å². The Morgan fingerprint density at radius 1 is 1.07 bits per heavy atom. The number of hydrogen-bond acceptors (Lipinski definition) is 3. The van der Waals surface area contributed by atoms with Crippen LogP contribution >= 0.6 is 0 Å². The van der Waals surface area contributed by atoms with Gasteiger partial charge in [0.25, 0.3) is 0 Å². The fraction of sp³-hybridized carbons (Fsp3) is 0.391. The summed E-state index contributed by atoms with van der Waals surface area (Å²) < 4.78 is 5.73. The maximum atomic E-state index is 12.7. The number of carboxylic acids is 1. The van der Waals surface area contributed by atoms with Gasteiger partial charge in [-0.15, -0.1) is 0 Å². The van der Waals surface area contributed by atoms with E-state index in [1.54, 1.807) is 4.90 Å². The molecule has 2 aromatic rings. The molecule has 1 N–H and O–H groups in total. The fourth-order valence-electron chi connectivity index (χ4n) is 5.09. The van der Waals surface area contributed by atoms with Crippen LogP contribution < -0.4 is 0 Å². The van der Waals surface area contributed by atoms with E-state index in [0.717, 1.165) is 0 Å². The first kappa shape index (κ1) is 17.3. The normalized spacial score (nSPS) is 25.3. The van der Waals surface area contributed by atoms with Gasteiger partial charge in [0.15, 0.2) is 0 Å². The number of nitrogens with zero attached hydrogens (tertiary/aromatic N) is 1. The second kappa shape index (κ2) is 6.36. The van der Waals surface area contributed by atoms with E-state index >= 15 is 0 Å². The third-order valence-corrected chi connectivity index (χ3v) is 6.74. The Bertz CT molecular complexity index is 910. The van der Waals surface area contributed by atoms with Crippen molar-refractivity contribution in [3.63, 3.8) is 0 Å². The molecule has 0 radical (unpaired) electrons. The summed E-state index contributed by atoms with van der Waals surface area (Å²) in [6, 6.07) is 16.5. The van der Waals surface area contributed by atoms with Crippen LogP contribution in [0.5, 0.6) is 0 Å². The molecule has 2 aromatic carbocycles. The van der Waals surface area contributed by atoms with E-state index in [2.05, 4.69) is 24.3 Å². The molecule has 5 nitrogen and oxygen atoms in total. The van der Waals surface area contributed by atoms with Crippen molar-refractivity contribution in [1.29, 1.82) is 0 Å². The largest absolute Gasteiger partial charge is 0.481 e. The van der Waals surface area contributed by atoms with E-state index in [-0.39, 0.29) is 17.9 Å². The molecular weight excluding hydrogens is 354 g/mol. The Morgan fingerprint density at radius 2 is 1.71 bits per heavy atom. The number of hydrogen-bond donors (Lipinski definition) is 1. The van der Waals surface area contributed by atoms with Crippen LogP contribution in [0.4, 0.5) is 4.79 Å². The number of benzene rings is 2. The summed E-state index contributed by atoms with van der Waals surface area (Å²) in [6.07, 6.45) is 1.72. The Labute approximate surface area is 163 Å². The second-order valence-electron chi connectivity index (χ2n) is 8.22. The highest BCUT2D eigenvalue weighted by atomic mass is 16.6. The SMILES string of the molecule is O=C(OCC1c2ccccc2-c2ccccc21)N1CCCC2(C(=O)O)CC2C1. The molecular formula is C23H23NO4. The molecule has 28 heavy (non-hydrogen) atoms. The van der Waals surface area contributed by atoms with Crippen molar-refractivity contribution in [2.75, 3.05) is 19.7 Å². The molecule has 0 aromatic heterocycles. The van der Waals surface area contributed by atoms with Crippen LogP contribution in [0, 0.1) is 11.3 Å². The first-order valence-corrected chi connectivity index (χ1v) is 9.93. The third kappa shape index (κ3) is 2.60. The lowest BCUT2D eigenvalue weighted by molar-refractivity contribution is -0.144. The van der Waals surface area contributed by atoms with E-state index in [9.17, 15) is 14.7 Å². The van der Waals surface area contributed by atoms with E-state index < -0.39 is 11.4 Å². The van der Waals surface area contributed by atoms with E-state index in [0.29, 0.717) is 39.0 Å². The van der Waals surface area contributed by atoms with Gasteiger partial charge in [-0.05, 0) is 47.4 Å². The van der Waals surface area contributed by atoms with Crippen LogP contribution in [0.15, 0.2) is 48.5 Å². The molecule has 2 aliphatic carbocycles. The predicted octanol–water partition coefficient (Wildman–Crippen LogP) is 4.12. The molecule has 0 spiro atoms. The summed E-state index contributed by atoms with van der Waals surface area (Å²) in [5.41, 5.74) is 4.20. The van der Waals surface area contributed by atoms with Crippen LogP contribution in [-0.4, -0.2) is 41.8 Å². The first-order chi connectivity index (χ1) is 13.6. The fourth-order valence-corrected chi connectivity index (χ4v) is 5.09. The van der Waals surface area contributed by atoms with E-state index in [1.807, 2.05) is 24.3 Å². The van der Waals surface area contributed by atoms with Gasteiger partial charge in [0.2, 0.25) is 0 Å². The molecule has 5 heteroatoms. The molecule has 3 aliphatic rings. The minimum absolute atomic E-state index is 0.0439. The number of fused-ring (bicyclic) bond motifs is 4. The van der Waals surface area contributed by atoms with Crippen LogP contribution in [0.1, 0.15) is 36.3 Å². The zero-order valence-electron chi connectivity index (χ0n) is 15.6. The summed E-state index contributed by atoms with van der Waals surface area (Å²) in [5.74, 6) is -0.609. The number of amides is 1. The smallest absolute Gasteiger partial charge is 0.409 e. The molecule has 1 heterocycles. The summed E-state index contributed by atoms with van der Waals surface area (Å²) in [6.45, 7) is 1.36. The maximum Gasteiger partial charge on any atom is 0.409 e. The highest BCUT2D eigenvalue weighted by Gasteiger charge is 2.61. The van der Waals surface area contributed by atoms with Gasteiger partial charge >= 0.3 is 12.1 Å². The number of carbonyl (C=O) groups is 2. The van der Waals surface area contributed by atoms with Crippen LogP contribution in [0.25, 0.3) is 11.1 Å². The molecule has 1 saturated heterocycles. The Balaban J connectivity index is 1.29. The zero-order valence-corrected chi connectivity index (χ0v) is 15.6. The second-order valence-corrected chi connectivity index (χ2v) is 8.22. The minimum Gasteiger partial charge on any atom is -0.481 e. The lowest BCUT2D eigenvalue weighted by Gasteiger charge is -2.22. The van der Waals surface area contributed by atoms with Gasteiger partial charge in [-0.1, -0.05) is 48.5 Å². The van der Waals surface area contributed by atoms with Crippen molar-refractivity contribution in [2.24, 2.45) is 11.3 Å². The molecule has 5 rings (SSSR count). The van der Waals surface area contributed by atoms with Crippen molar-refractivity contribution >= 4 is 12.1 Å². The minimum atomic E-state index is -0.716. The zero-order chi connectivity index (χ0) is 19.3. The number of rotatable bonds is 3. The highest BCUT2D eigenvalue weighted by Crippen LogP contribution is 2.57. The van der Waals surface area contributed by atoms with Gasteiger partial charge in [0.05, 0.1) is 5.41 Å². The lowest BCUT2D eigenvalue weighted by Crippen LogP contribution is -2.34. The summed E-state index contributed by atoms with van der Waals surface area (Å²) in [7, 11) is 0. The van der Waals surface area contributed by atoms with Crippen molar-refractivity contribution in [1.82, 2.24) is 4.90 Å². The van der Waals surface area contributed by atoms with Crippen molar-refractivity contribution < 1.29 is 19.4 Å². The number of aliphatic carboxylic acids is 1. The Hall–Kier alpha value is -2.82. The molecule has 2 unspecified atom stereocenters. The van der Waals surface area contributed by atoms with Crippen LogP contribution in [0.3, 0.4) is 0 Å². The van der Waals surface area contributed by atoms with Gasteiger partial charge in [-0.2, -0.15) is 0 Å². The molecule has 1 amide bonds. The quantitative estimate of drug-likeness (QED) is 0.874. The third-order valence-electron chi connectivity index (χ3n) is 6.74. The average molecular weight is 377 g/mol. The number of likely N-dealkylation sites (tertiary alicyclic amines) is 1. The van der Waals surface area contributed by atoms with E-state index in [4.69, 9.17) is 4.74 Å². The Kier molecular flexibility index (Phi) is 3.93. The molecule has 1 saturated carbocycles.